The summed E-state index contributed by atoms with van der Waals surface area (Å²) in [5, 5.41) is 7.71. The minimum absolute atomic E-state index is 0.137. The molecule has 7 nitrogen and oxygen atoms in total. The number of nitrogens with one attached hydrogen (secondary N) is 1. The molecule has 0 saturated carbocycles. The van der Waals surface area contributed by atoms with Crippen molar-refractivity contribution in [1.82, 2.24) is 19.3 Å². The predicted molar refractivity (Wildman–Crippen MR) is 111 cm³/mol. The van der Waals surface area contributed by atoms with Crippen LogP contribution in [0.1, 0.15) is 44.1 Å². The molecular formula is C21H27N5O2. The van der Waals surface area contributed by atoms with Gasteiger partial charge in [0.25, 0.3) is 5.56 Å². The van der Waals surface area contributed by atoms with Gasteiger partial charge in [0, 0.05) is 18.7 Å². The summed E-state index contributed by atoms with van der Waals surface area (Å²) in [5.41, 5.74) is 3.08. The lowest BCUT2D eigenvalue weighted by atomic mass is 10.1. The molecule has 3 rings (SSSR count). The highest BCUT2D eigenvalue weighted by Gasteiger charge is 2.21. The maximum atomic E-state index is 12.9. The highest BCUT2D eigenvalue weighted by atomic mass is 16.2. The molecule has 0 spiro atoms. The van der Waals surface area contributed by atoms with Crippen molar-refractivity contribution >= 4 is 22.6 Å². The van der Waals surface area contributed by atoms with Gasteiger partial charge in [-0.1, -0.05) is 6.07 Å². The summed E-state index contributed by atoms with van der Waals surface area (Å²) in [5.74, 6) is 0.435. The Labute approximate surface area is 164 Å². The van der Waals surface area contributed by atoms with E-state index < -0.39 is 0 Å². The van der Waals surface area contributed by atoms with E-state index in [4.69, 9.17) is 0 Å². The number of aromatic nitrogens is 4. The zero-order chi connectivity index (χ0) is 20.6. The molecule has 2 heterocycles. The minimum atomic E-state index is -0.272. The zero-order valence-corrected chi connectivity index (χ0v) is 17.3. The summed E-state index contributed by atoms with van der Waals surface area (Å²) in [6, 6.07) is 5.91. The summed E-state index contributed by atoms with van der Waals surface area (Å²) in [6.45, 7) is 12.1. The SMILES string of the molecule is Cc1cc(C)cc(NC(=O)CCn2c(C)nc3c(cnn3C(C)(C)C)c2=O)c1. The van der Waals surface area contributed by atoms with Gasteiger partial charge in [0.05, 0.1) is 11.7 Å². The maximum Gasteiger partial charge on any atom is 0.264 e. The second-order valence-corrected chi connectivity index (χ2v) is 8.25. The van der Waals surface area contributed by atoms with Crippen LogP contribution in [0, 0.1) is 20.8 Å². The molecule has 28 heavy (non-hydrogen) atoms. The third-order valence-electron chi connectivity index (χ3n) is 4.58. The number of amides is 1. The molecule has 0 saturated heterocycles. The fraction of sp³-hybridized carbons (Fsp3) is 0.429. The topological polar surface area (TPSA) is 81.8 Å². The second kappa shape index (κ2) is 7.22. The molecule has 1 amide bonds. The van der Waals surface area contributed by atoms with E-state index in [2.05, 4.69) is 21.5 Å². The molecule has 0 aliphatic heterocycles. The van der Waals surface area contributed by atoms with E-state index >= 15 is 0 Å². The van der Waals surface area contributed by atoms with E-state index in [1.807, 2.05) is 46.8 Å². The maximum absolute atomic E-state index is 12.9. The van der Waals surface area contributed by atoms with Crippen LogP contribution in [0.15, 0.2) is 29.2 Å². The third kappa shape index (κ3) is 3.98. The largest absolute Gasteiger partial charge is 0.326 e. The van der Waals surface area contributed by atoms with Gasteiger partial charge in [-0.15, -0.1) is 0 Å². The van der Waals surface area contributed by atoms with Gasteiger partial charge in [0.2, 0.25) is 5.91 Å². The van der Waals surface area contributed by atoms with Gasteiger partial charge in [-0.3, -0.25) is 14.2 Å². The standard InChI is InChI=1S/C21H27N5O2/c1-13-9-14(2)11-16(10-13)24-18(27)7-8-25-15(3)23-19-17(20(25)28)12-22-26(19)21(4,5)6/h9-12H,7-8H2,1-6H3,(H,24,27). The lowest BCUT2D eigenvalue weighted by Gasteiger charge is -2.20. The first-order valence-electron chi connectivity index (χ1n) is 9.40. The first-order chi connectivity index (χ1) is 13.1. The number of nitrogens with zero attached hydrogens (tertiary/aromatic N) is 4. The quantitative estimate of drug-likeness (QED) is 0.752. The van der Waals surface area contributed by atoms with Gasteiger partial charge in [-0.05, 0) is 64.8 Å². The van der Waals surface area contributed by atoms with Crippen LogP contribution in [-0.2, 0) is 16.9 Å². The first kappa shape index (κ1) is 19.8. The average Bonchev–Trinajstić information content (AvgIpc) is 2.97. The number of carbonyl (C=O) groups excluding carboxylic acids is 1. The number of aryl methyl sites for hydroxylation is 3. The fourth-order valence-electron chi connectivity index (χ4n) is 3.34. The second-order valence-electron chi connectivity index (χ2n) is 8.25. The van der Waals surface area contributed by atoms with Gasteiger partial charge in [-0.2, -0.15) is 5.10 Å². The molecule has 3 aromatic rings. The predicted octanol–water partition coefficient (Wildman–Crippen LogP) is 3.30. The van der Waals surface area contributed by atoms with Crippen LogP contribution in [0.5, 0.6) is 0 Å². The monoisotopic (exact) mass is 381 g/mol. The average molecular weight is 381 g/mol. The molecule has 0 fully saturated rings. The fourth-order valence-corrected chi connectivity index (χ4v) is 3.34. The van der Waals surface area contributed by atoms with E-state index in [1.54, 1.807) is 17.8 Å². The molecule has 0 radical (unpaired) electrons. The number of hydrogen-bond acceptors (Lipinski definition) is 4. The molecule has 0 unspecified atom stereocenters. The van der Waals surface area contributed by atoms with E-state index in [9.17, 15) is 9.59 Å². The summed E-state index contributed by atoms with van der Waals surface area (Å²) in [6.07, 6.45) is 1.75. The van der Waals surface area contributed by atoms with Crippen molar-refractivity contribution in [2.45, 2.75) is 60.0 Å². The molecule has 2 aromatic heterocycles. The number of carbonyl (C=O) groups is 1. The third-order valence-corrected chi connectivity index (χ3v) is 4.58. The van der Waals surface area contributed by atoms with Crippen molar-refractivity contribution in [2.75, 3.05) is 5.32 Å². The van der Waals surface area contributed by atoms with Crippen molar-refractivity contribution in [3.8, 4) is 0 Å². The summed E-state index contributed by atoms with van der Waals surface area (Å²) in [4.78, 5) is 29.8. The van der Waals surface area contributed by atoms with Crippen LogP contribution in [0.25, 0.3) is 11.0 Å². The normalized spacial score (nSPS) is 11.8. The van der Waals surface area contributed by atoms with Crippen LogP contribution in [-0.4, -0.2) is 25.2 Å². The van der Waals surface area contributed by atoms with Gasteiger partial charge in [0.15, 0.2) is 5.65 Å². The van der Waals surface area contributed by atoms with Crippen LogP contribution < -0.4 is 10.9 Å². The Morgan fingerprint density at radius 1 is 1.11 bits per heavy atom. The Hall–Kier alpha value is -2.96. The Kier molecular flexibility index (Phi) is 5.10. The van der Waals surface area contributed by atoms with E-state index in [-0.39, 0.29) is 30.0 Å². The van der Waals surface area contributed by atoms with Crippen LogP contribution in [0.3, 0.4) is 0 Å². The number of fused-ring (bicyclic) bond motifs is 1. The molecule has 1 N–H and O–H groups in total. The Morgan fingerprint density at radius 3 is 2.36 bits per heavy atom. The molecular weight excluding hydrogens is 354 g/mol. The van der Waals surface area contributed by atoms with Gasteiger partial charge >= 0.3 is 0 Å². The lowest BCUT2D eigenvalue weighted by molar-refractivity contribution is -0.116. The van der Waals surface area contributed by atoms with Crippen LogP contribution in [0.2, 0.25) is 0 Å². The van der Waals surface area contributed by atoms with Gasteiger partial charge in [0.1, 0.15) is 11.2 Å². The van der Waals surface area contributed by atoms with Crippen molar-refractivity contribution in [2.24, 2.45) is 0 Å². The summed E-state index contributed by atoms with van der Waals surface area (Å²) >= 11 is 0. The smallest absolute Gasteiger partial charge is 0.264 e. The van der Waals surface area contributed by atoms with Crippen molar-refractivity contribution in [1.29, 1.82) is 0 Å². The Morgan fingerprint density at radius 2 is 1.75 bits per heavy atom. The van der Waals surface area contributed by atoms with Gasteiger partial charge < -0.3 is 5.32 Å². The number of rotatable bonds is 4. The Bertz CT molecular complexity index is 1080. The number of anilines is 1. The molecule has 7 heteroatoms. The molecule has 0 bridgehead atoms. The van der Waals surface area contributed by atoms with Crippen LogP contribution >= 0.6 is 0 Å². The van der Waals surface area contributed by atoms with Crippen molar-refractivity contribution < 1.29 is 4.79 Å². The molecule has 1 aromatic carbocycles. The van der Waals surface area contributed by atoms with Crippen molar-refractivity contribution in [3.05, 3.63) is 51.7 Å². The zero-order valence-electron chi connectivity index (χ0n) is 17.3. The van der Waals surface area contributed by atoms with Crippen LogP contribution in [0.4, 0.5) is 5.69 Å². The number of hydrogen-bond donors (Lipinski definition) is 1. The van der Waals surface area contributed by atoms with Crippen molar-refractivity contribution in [3.63, 3.8) is 0 Å². The highest BCUT2D eigenvalue weighted by molar-refractivity contribution is 5.90. The first-order valence-corrected chi connectivity index (χ1v) is 9.40. The van der Waals surface area contributed by atoms with E-state index in [1.165, 1.54) is 4.57 Å². The minimum Gasteiger partial charge on any atom is -0.326 e. The Balaban J connectivity index is 1.81. The highest BCUT2D eigenvalue weighted by Crippen LogP contribution is 2.19. The summed E-state index contributed by atoms with van der Waals surface area (Å²) in [7, 11) is 0. The molecule has 0 aliphatic rings. The summed E-state index contributed by atoms with van der Waals surface area (Å²) < 4.78 is 3.30. The lowest BCUT2D eigenvalue weighted by Crippen LogP contribution is -2.28. The molecule has 148 valence electrons. The molecule has 0 atom stereocenters. The van der Waals surface area contributed by atoms with E-state index in [0.717, 1.165) is 16.8 Å². The van der Waals surface area contributed by atoms with Gasteiger partial charge in [-0.25, -0.2) is 9.67 Å². The van der Waals surface area contributed by atoms with E-state index in [0.29, 0.717) is 16.9 Å². The number of benzene rings is 1. The molecule has 0 aliphatic carbocycles.